The molecule has 17 heavy (non-hydrogen) atoms. The maximum absolute atomic E-state index is 8.56. The maximum atomic E-state index is 8.56. The minimum Gasteiger partial charge on any atom is -0.394 e. The minimum absolute atomic E-state index is 0.0920. The van der Waals surface area contributed by atoms with Crippen LogP contribution in [0, 0.1) is 0 Å². The monoisotopic (exact) mass is 249 g/mol. The van der Waals surface area contributed by atoms with Gasteiger partial charge in [0.25, 0.3) is 0 Å². The van der Waals surface area contributed by atoms with Crippen LogP contribution in [0.25, 0.3) is 0 Å². The molecule has 5 heteroatoms. The number of likely N-dealkylation sites (N-methyl/N-ethyl adjacent to an activating group) is 1. The summed E-state index contributed by atoms with van der Waals surface area (Å²) in [5.41, 5.74) is 0. The zero-order valence-corrected chi connectivity index (χ0v) is 11.2. The standard InChI is InChI=1S/C12H27NO4/c1-3-13(6-11-17-12-7-14)5-10-16-9-4-8-15-2/h14H,3-12H2,1-2H3. The van der Waals surface area contributed by atoms with Gasteiger partial charge in [0.15, 0.2) is 0 Å². The molecule has 0 atom stereocenters. The molecule has 104 valence electrons. The van der Waals surface area contributed by atoms with Gasteiger partial charge in [-0.3, -0.25) is 4.90 Å². The number of nitrogens with zero attached hydrogens (tertiary/aromatic N) is 1. The molecule has 1 N–H and O–H groups in total. The quantitative estimate of drug-likeness (QED) is 0.478. The molecular formula is C12H27NO4. The fourth-order valence-electron chi connectivity index (χ4n) is 1.39. The Kier molecular flexibility index (Phi) is 13.7. The molecule has 0 saturated carbocycles. The van der Waals surface area contributed by atoms with Crippen molar-refractivity contribution in [1.29, 1.82) is 0 Å². The Morgan fingerprint density at radius 3 is 2.12 bits per heavy atom. The molecule has 0 aromatic heterocycles. The van der Waals surface area contributed by atoms with E-state index in [1.807, 2.05) is 0 Å². The normalized spacial score (nSPS) is 11.3. The Labute approximate surface area is 105 Å². The van der Waals surface area contributed by atoms with Crippen molar-refractivity contribution in [2.24, 2.45) is 0 Å². The average Bonchev–Trinajstić information content (AvgIpc) is 2.36. The van der Waals surface area contributed by atoms with Crippen LogP contribution >= 0.6 is 0 Å². The van der Waals surface area contributed by atoms with Crippen LogP contribution in [0.1, 0.15) is 13.3 Å². The summed E-state index contributed by atoms with van der Waals surface area (Å²) in [7, 11) is 1.70. The molecule has 0 aromatic carbocycles. The van der Waals surface area contributed by atoms with Crippen molar-refractivity contribution in [3.05, 3.63) is 0 Å². The van der Waals surface area contributed by atoms with E-state index < -0.39 is 0 Å². The van der Waals surface area contributed by atoms with Crippen molar-refractivity contribution < 1.29 is 19.3 Å². The second-order valence-corrected chi connectivity index (χ2v) is 3.73. The van der Waals surface area contributed by atoms with Crippen LogP contribution in [0.5, 0.6) is 0 Å². The molecule has 0 radical (unpaired) electrons. The zero-order chi connectivity index (χ0) is 12.8. The van der Waals surface area contributed by atoms with E-state index in [1.54, 1.807) is 7.11 Å². The van der Waals surface area contributed by atoms with Gasteiger partial charge in [-0.05, 0) is 13.0 Å². The van der Waals surface area contributed by atoms with E-state index in [2.05, 4.69) is 11.8 Å². The van der Waals surface area contributed by atoms with Crippen LogP contribution in [-0.2, 0) is 14.2 Å². The van der Waals surface area contributed by atoms with Gasteiger partial charge in [0.2, 0.25) is 0 Å². The van der Waals surface area contributed by atoms with Crippen molar-refractivity contribution >= 4 is 0 Å². The number of aliphatic hydroxyl groups is 1. The smallest absolute Gasteiger partial charge is 0.0698 e. The summed E-state index contributed by atoms with van der Waals surface area (Å²) in [5, 5.41) is 8.56. The predicted molar refractivity (Wildman–Crippen MR) is 67.3 cm³/mol. The lowest BCUT2D eigenvalue weighted by Crippen LogP contribution is -2.31. The molecule has 0 amide bonds. The number of methoxy groups -OCH3 is 1. The molecule has 5 nitrogen and oxygen atoms in total. The van der Waals surface area contributed by atoms with Crippen LogP contribution in [0.2, 0.25) is 0 Å². The van der Waals surface area contributed by atoms with Crippen LogP contribution in [-0.4, -0.2) is 76.4 Å². The minimum atomic E-state index is 0.0920. The topological polar surface area (TPSA) is 51.2 Å². The van der Waals surface area contributed by atoms with Gasteiger partial charge in [0.05, 0.1) is 26.4 Å². The summed E-state index contributed by atoms with van der Waals surface area (Å²) >= 11 is 0. The van der Waals surface area contributed by atoms with Gasteiger partial charge >= 0.3 is 0 Å². The first kappa shape index (κ1) is 16.8. The number of rotatable bonds is 13. The summed E-state index contributed by atoms with van der Waals surface area (Å²) in [6, 6.07) is 0. The van der Waals surface area contributed by atoms with E-state index in [0.717, 1.165) is 45.9 Å². The molecule has 0 saturated heterocycles. The summed E-state index contributed by atoms with van der Waals surface area (Å²) in [6.07, 6.45) is 0.947. The molecule has 0 aliphatic rings. The largest absolute Gasteiger partial charge is 0.394 e. The molecule has 0 aromatic rings. The molecule has 0 bridgehead atoms. The predicted octanol–water partition coefficient (Wildman–Crippen LogP) is 0.370. The lowest BCUT2D eigenvalue weighted by atomic mass is 10.4. The SMILES string of the molecule is CCN(CCOCCO)CCOCCCOC. The van der Waals surface area contributed by atoms with Gasteiger partial charge in [0, 0.05) is 33.4 Å². The molecule has 0 heterocycles. The van der Waals surface area contributed by atoms with E-state index in [-0.39, 0.29) is 6.61 Å². The van der Waals surface area contributed by atoms with E-state index in [0.29, 0.717) is 13.2 Å². The Balaban J connectivity index is 3.28. The molecule has 0 spiro atoms. The van der Waals surface area contributed by atoms with Crippen LogP contribution in [0.3, 0.4) is 0 Å². The third kappa shape index (κ3) is 12.1. The van der Waals surface area contributed by atoms with Gasteiger partial charge in [-0.1, -0.05) is 6.92 Å². The van der Waals surface area contributed by atoms with Crippen molar-refractivity contribution in [2.45, 2.75) is 13.3 Å². The lowest BCUT2D eigenvalue weighted by Gasteiger charge is -2.20. The number of hydrogen-bond acceptors (Lipinski definition) is 5. The van der Waals surface area contributed by atoms with Gasteiger partial charge < -0.3 is 19.3 Å². The number of aliphatic hydroxyl groups excluding tert-OH is 1. The fourth-order valence-corrected chi connectivity index (χ4v) is 1.39. The molecule has 0 fully saturated rings. The van der Waals surface area contributed by atoms with Gasteiger partial charge in [0.1, 0.15) is 0 Å². The van der Waals surface area contributed by atoms with Gasteiger partial charge in [-0.2, -0.15) is 0 Å². The molecule has 0 aliphatic heterocycles. The van der Waals surface area contributed by atoms with Crippen molar-refractivity contribution in [3.63, 3.8) is 0 Å². The van der Waals surface area contributed by atoms with Crippen molar-refractivity contribution in [1.82, 2.24) is 4.90 Å². The van der Waals surface area contributed by atoms with Gasteiger partial charge in [-0.25, -0.2) is 0 Å². The number of hydrogen-bond donors (Lipinski definition) is 1. The Bertz CT molecular complexity index is 146. The van der Waals surface area contributed by atoms with Crippen LogP contribution < -0.4 is 0 Å². The zero-order valence-electron chi connectivity index (χ0n) is 11.2. The first-order valence-corrected chi connectivity index (χ1v) is 6.32. The first-order chi connectivity index (χ1) is 8.35. The highest BCUT2D eigenvalue weighted by Gasteiger charge is 2.01. The van der Waals surface area contributed by atoms with E-state index in [1.165, 1.54) is 0 Å². The molecule has 0 unspecified atom stereocenters. The van der Waals surface area contributed by atoms with E-state index in [9.17, 15) is 0 Å². The first-order valence-electron chi connectivity index (χ1n) is 6.32. The molecular weight excluding hydrogens is 222 g/mol. The third-order valence-electron chi connectivity index (χ3n) is 2.42. The lowest BCUT2D eigenvalue weighted by molar-refractivity contribution is 0.0566. The molecule has 0 rings (SSSR count). The Morgan fingerprint density at radius 2 is 1.59 bits per heavy atom. The highest BCUT2D eigenvalue weighted by molar-refractivity contribution is 4.54. The van der Waals surface area contributed by atoms with Crippen molar-refractivity contribution in [3.8, 4) is 0 Å². The van der Waals surface area contributed by atoms with Gasteiger partial charge in [-0.15, -0.1) is 0 Å². The summed E-state index contributed by atoms with van der Waals surface area (Å²) < 4.78 is 15.7. The number of ether oxygens (including phenoxy) is 3. The Hall–Kier alpha value is -0.200. The summed E-state index contributed by atoms with van der Waals surface area (Å²) in [6.45, 7) is 8.36. The average molecular weight is 249 g/mol. The maximum Gasteiger partial charge on any atom is 0.0698 e. The summed E-state index contributed by atoms with van der Waals surface area (Å²) in [4.78, 5) is 2.27. The van der Waals surface area contributed by atoms with E-state index >= 15 is 0 Å². The second-order valence-electron chi connectivity index (χ2n) is 3.73. The molecule has 0 aliphatic carbocycles. The highest BCUT2D eigenvalue weighted by atomic mass is 16.5. The highest BCUT2D eigenvalue weighted by Crippen LogP contribution is 1.90. The van der Waals surface area contributed by atoms with Crippen LogP contribution in [0.4, 0.5) is 0 Å². The third-order valence-corrected chi connectivity index (χ3v) is 2.42. The second kappa shape index (κ2) is 13.9. The summed E-state index contributed by atoms with van der Waals surface area (Å²) in [5.74, 6) is 0. The Morgan fingerprint density at radius 1 is 0.941 bits per heavy atom. The van der Waals surface area contributed by atoms with Crippen molar-refractivity contribution in [2.75, 3.05) is 66.4 Å². The fraction of sp³-hybridized carbons (Fsp3) is 1.00. The van der Waals surface area contributed by atoms with Crippen LogP contribution in [0.15, 0.2) is 0 Å². The van der Waals surface area contributed by atoms with E-state index in [4.69, 9.17) is 19.3 Å².